The van der Waals surface area contributed by atoms with Gasteiger partial charge >= 0.3 is 5.97 Å². The maximum atomic E-state index is 12.0. The number of rotatable bonds is 5. The highest BCUT2D eigenvalue weighted by molar-refractivity contribution is 6.30. The van der Waals surface area contributed by atoms with Crippen molar-refractivity contribution in [3.63, 3.8) is 0 Å². The molecule has 0 fully saturated rings. The number of hydrogen-bond acceptors (Lipinski definition) is 3. The molecule has 4 nitrogen and oxygen atoms in total. The van der Waals surface area contributed by atoms with Gasteiger partial charge in [-0.1, -0.05) is 54.1 Å². The minimum absolute atomic E-state index is 0.299. The molecule has 0 saturated carbocycles. The van der Waals surface area contributed by atoms with Gasteiger partial charge in [-0.3, -0.25) is 9.59 Å². The topological polar surface area (TPSA) is 55.4 Å². The smallest absolute Gasteiger partial charge is 0.303 e. The van der Waals surface area contributed by atoms with Gasteiger partial charge in [0.2, 0.25) is 0 Å². The molecular formula is C17H16ClNO3. The van der Waals surface area contributed by atoms with Crippen LogP contribution in [0.5, 0.6) is 0 Å². The molecule has 0 heterocycles. The third-order valence-corrected chi connectivity index (χ3v) is 3.30. The van der Waals surface area contributed by atoms with Crippen molar-refractivity contribution in [2.24, 2.45) is 0 Å². The first-order chi connectivity index (χ1) is 10.6. The summed E-state index contributed by atoms with van der Waals surface area (Å²) in [4.78, 5) is 22.8. The number of halogens is 1. The van der Waals surface area contributed by atoms with E-state index in [0.29, 0.717) is 5.02 Å². The zero-order valence-electron chi connectivity index (χ0n) is 12.1. The molecule has 0 aliphatic rings. The van der Waals surface area contributed by atoms with E-state index in [-0.39, 0.29) is 18.6 Å². The highest BCUT2D eigenvalue weighted by Gasteiger charge is 2.17. The van der Waals surface area contributed by atoms with E-state index in [1.807, 2.05) is 42.5 Å². The van der Waals surface area contributed by atoms with E-state index in [4.69, 9.17) is 16.3 Å². The predicted molar refractivity (Wildman–Crippen MR) is 84.5 cm³/mol. The van der Waals surface area contributed by atoms with Gasteiger partial charge in [-0.05, 0) is 23.3 Å². The van der Waals surface area contributed by atoms with Gasteiger partial charge < -0.3 is 10.1 Å². The van der Waals surface area contributed by atoms with Crippen molar-refractivity contribution in [1.82, 2.24) is 5.32 Å². The maximum Gasteiger partial charge on any atom is 0.303 e. The summed E-state index contributed by atoms with van der Waals surface area (Å²) in [5, 5.41) is 3.49. The lowest BCUT2D eigenvalue weighted by Gasteiger charge is -2.20. The summed E-state index contributed by atoms with van der Waals surface area (Å²) in [7, 11) is 0. The molecule has 0 aromatic heterocycles. The van der Waals surface area contributed by atoms with Crippen LogP contribution in [-0.2, 0) is 14.3 Å². The summed E-state index contributed by atoms with van der Waals surface area (Å²) in [6.07, 6.45) is 0. The zero-order valence-corrected chi connectivity index (χ0v) is 12.8. The molecule has 0 saturated heterocycles. The summed E-state index contributed by atoms with van der Waals surface area (Å²) < 4.78 is 4.72. The van der Waals surface area contributed by atoms with Crippen LogP contribution in [0, 0.1) is 0 Å². The molecule has 2 aromatic carbocycles. The number of benzene rings is 2. The van der Waals surface area contributed by atoms with Crippen LogP contribution in [0.2, 0.25) is 5.02 Å². The lowest BCUT2D eigenvalue weighted by atomic mass is 9.99. The molecule has 2 aromatic rings. The van der Waals surface area contributed by atoms with Crippen LogP contribution in [0.1, 0.15) is 24.1 Å². The predicted octanol–water partition coefficient (Wildman–Crippen LogP) is 3.11. The number of carbonyl (C=O) groups is 2. The van der Waals surface area contributed by atoms with Crippen molar-refractivity contribution in [3.8, 4) is 0 Å². The molecule has 1 atom stereocenters. The SMILES string of the molecule is CC(=O)OCC(=O)NC(c1ccccc1)c1ccc(Cl)cc1. The Morgan fingerprint density at radius 1 is 1.05 bits per heavy atom. The standard InChI is InChI=1S/C17H16ClNO3/c1-12(20)22-11-16(21)19-17(13-5-3-2-4-6-13)14-7-9-15(18)10-8-14/h2-10,17H,11H2,1H3,(H,19,21). The molecular weight excluding hydrogens is 302 g/mol. The van der Waals surface area contributed by atoms with Gasteiger partial charge in [0.25, 0.3) is 5.91 Å². The normalized spacial score (nSPS) is 11.5. The monoisotopic (exact) mass is 317 g/mol. The molecule has 0 aliphatic carbocycles. The maximum absolute atomic E-state index is 12.0. The third kappa shape index (κ3) is 4.60. The molecule has 0 aliphatic heterocycles. The van der Waals surface area contributed by atoms with E-state index in [0.717, 1.165) is 11.1 Å². The Morgan fingerprint density at radius 2 is 1.64 bits per heavy atom. The summed E-state index contributed by atoms with van der Waals surface area (Å²) in [5.41, 5.74) is 1.83. The lowest BCUT2D eigenvalue weighted by molar-refractivity contribution is -0.146. The first-order valence-electron chi connectivity index (χ1n) is 6.79. The molecule has 2 rings (SSSR count). The van der Waals surface area contributed by atoms with Gasteiger partial charge in [-0.15, -0.1) is 0 Å². The number of nitrogens with one attached hydrogen (secondary N) is 1. The summed E-state index contributed by atoms with van der Waals surface area (Å²) >= 11 is 5.91. The summed E-state index contributed by atoms with van der Waals surface area (Å²) in [6, 6.07) is 16.5. The number of esters is 1. The minimum Gasteiger partial charge on any atom is -0.456 e. The quantitative estimate of drug-likeness (QED) is 0.862. The van der Waals surface area contributed by atoms with Crippen LogP contribution in [0.4, 0.5) is 0 Å². The Bertz CT molecular complexity index is 641. The second-order valence-electron chi connectivity index (χ2n) is 4.74. The van der Waals surface area contributed by atoms with E-state index in [1.165, 1.54) is 6.92 Å². The minimum atomic E-state index is -0.488. The first kappa shape index (κ1) is 16.0. The number of hydrogen-bond donors (Lipinski definition) is 1. The number of carbonyl (C=O) groups excluding carboxylic acids is 2. The van der Waals surface area contributed by atoms with Crippen LogP contribution >= 0.6 is 11.6 Å². The Labute approximate surface area is 134 Å². The van der Waals surface area contributed by atoms with Gasteiger partial charge in [0, 0.05) is 11.9 Å². The molecule has 114 valence electrons. The summed E-state index contributed by atoms with van der Waals surface area (Å²) in [5.74, 6) is -0.850. The van der Waals surface area contributed by atoms with E-state index >= 15 is 0 Å². The van der Waals surface area contributed by atoms with Crippen LogP contribution in [0.25, 0.3) is 0 Å². The van der Waals surface area contributed by atoms with Crippen LogP contribution in [0.3, 0.4) is 0 Å². The molecule has 0 spiro atoms. The zero-order chi connectivity index (χ0) is 15.9. The fraction of sp³-hybridized carbons (Fsp3) is 0.176. The van der Waals surface area contributed by atoms with Gasteiger partial charge in [0.15, 0.2) is 6.61 Å². The molecule has 0 radical (unpaired) electrons. The summed E-state index contributed by atoms with van der Waals surface area (Å²) in [6.45, 7) is 0.966. The highest BCUT2D eigenvalue weighted by Crippen LogP contribution is 2.23. The second-order valence-corrected chi connectivity index (χ2v) is 5.18. The Kier molecular flexibility index (Phi) is 5.55. The fourth-order valence-corrected chi connectivity index (χ4v) is 2.16. The van der Waals surface area contributed by atoms with Crippen molar-refractivity contribution < 1.29 is 14.3 Å². The number of ether oxygens (including phenoxy) is 1. The average Bonchev–Trinajstić information content (AvgIpc) is 2.52. The van der Waals surface area contributed by atoms with Gasteiger partial charge in [-0.2, -0.15) is 0 Å². The van der Waals surface area contributed by atoms with Crippen molar-refractivity contribution >= 4 is 23.5 Å². The first-order valence-corrected chi connectivity index (χ1v) is 7.17. The molecule has 22 heavy (non-hydrogen) atoms. The Hall–Kier alpha value is -2.33. The molecule has 0 bridgehead atoms. The van der Waals surface area contributed by atoms with Crippen LogP contribution in [0.15, 0.2) is 54.6 Å². The van der Waals surface area contributed by atoms with E-state index in [2.05, 4.69) is 5.32 Å². The number of amides is 1. The van der Waals surface area contributed by atoms with Gasteiger partial charge in [0.05, 0.1) is 6.04 Å². The second kappa shape index (κ2) is 7.61. The molecule has 5 heteroatoms. The fourth-order valence-electron chi connectivity index (χ4n) is 2.03. The average molecular weight is 318 g/mol. The van der Waals surface area contributed by atoms with Crippen molar-refractivity contribution in [2.45, 2.75) is 13.0 Å². The van der Waals surface area contributed by atoms with Gasteiger partial charge in [-0.25, -0.2) is 0 Å². The third-order valence-electron chi connectivity index (χ3n) is 3.05. The Morgan fingerprint density at radius 3 is 2.23 bits per heavy atom. The van der Waals surface area contributed by atoms with Crippen LogP contribution < -0.4 is 5.32 Å². The van der Waals surface area contributed by atoms with Crippen molar-refractivity contribution in [2.75, 3.05) is 6.61 Å². The molecule has 1 amide bonds. The largest absolute Gasteiger partial charge is 0.456 e. The van der Waals surface area contributed by atoms with E-state index < -0.39 is 5.97 Å². The van der Waals surface area contributed by atoms with Gasteiger partial charge in [0.1, 0.15) is 0 Å². The van der Waals surface area contributed by atoms with Crippen molar-refractivity contribution in [3.05, 3.63) is 70.7 Å². The Balaban J connectivity index is 2.21. The van der Waals surface area contributed by atoms with E-state index in [1.54, 1.807) is 12.1 Å². The molecule has 1 unspecified atom stereocenters. The van der Waals surface area contributed by atoms with E-state index in [9.17, 15) is 9.59 Å². The van der Waals surface area contributed by atoms with Crippen LogP contribution in [-0.4, -0.2) is 18.5 Å². The highest BCUT2D eigenvalue weighted by atomic mass is 35.5. The lowest BCUT2D eigenvalue weighted by Crippen LogP contribution is -2.32. The molecule has 1 N–H and O–H groups in total. The van der Waals surface area contributed by atoms with Crippen molar-refractivity contribution in [1.29, 1.82) is 0 Å².